The van der Waals surface area contributed by atoms with Gasteiger partial charge in [-0.05, 0) is 95.5 Å². The van der Waals surface area contributed by atoms with Crippen LogP contribution < -0.4 is 10.6 Å². The summed E-state index contributed by atoms with van der Waals surface area (Å²) in [5.74, 6) is 3.11. The van der Waals surface area contributed by atoms with E-state index in [1.165, 1.54) is 12.0 Å². The molecule has 2 aliphatic carbocycles. The Hall–Kier alpha value is -2.32. The van der Waals surface area contributed by atoms with Crippen LogP contribution in [0, 0.1) is 35.5 Å². The van der Waals surface area contributed by atoms with E-state index in [0.29, 0.717) is 55.2 Å². The molecule has 0 aliphatic heterocycles. The number of carbonyl (C=O) groups excluding carboxylic acids is 2. The third kappa shape index (κ3) is 14.0. The van der Waals surface area contributed by atoms with Gasteiger partial charge in [-0.2, -0.15) is 0 Å². The fraction of sp³-hybridized carbons (Fsp3) is 0.742. The highest BCUT2D eigenvalue weighted by Gasteiger charge is 2.41. The molecule has 222 valence electrons. The minimum atomic E-state index is -0.444. The van der Waals surface area contributed by atoms with Gasteiger partial charge < -0.3 is 30.0 Å². The Labute approximate surface area is 235 Å². The van der Waals surface area contributed by atoms with Crippen LogP contribution >= 0.6 is 0 Å². The number of amides is 2. The molecule has 0 heterocycles. The number of benzene rings is 1. The summed E-state index contributed by atoms with van der Waals surface area (Å²) in [4.78, 5) is 23.0. The third-order valence-corrected chi connectivity index (χ3v) is 7.03. The van der Waals surface area contributed by atoms with Crippen molar-refractivity contribution in [1.82, 2.24) is 10.6 Å². The molecule has 0 aromatic heterocycles. The Morgan fingerprint density at radius 1 is 0.846 bits per heavy atom. The van der Waals surface area contributed by atoms with E-state index in [4.69, 9.17) is 19.3 Å². The van der Waals surface area contributed by atoms with Crippen LogP contribution in [-0.2, 0) is 20.8 Å². The Morgan fingerprint density at radius 2 is 1.31 bits per heavy atom. The molecular formula is C31H52N2O6. The number of ether oxygens (including phenoxy) is 3. The first kappa shape index (κ1) is 32.9. The summed E-state index contributed by atoms with van der Waals surface area (Å²) < 4.78 is 16.2. The maximum atomic E-state index is 11.7. The van der Waals surface area contributed by atoms with Gasteiger partial charge in [0.1, 0.15) is 11.2 Å². The first-order valence-electron chi connectivity index (χ1n) is 14.3. The summed E-state index contributed by atoms with van der Waals surface area (Å²) in [7, 11) is 0. The van der Waals surface area contributed by atoms with Gasteiger partial charge in [-0.3, -0.25) is 0 Å². The van der Waals surface area contributed by atoms with Gasteiger partial charge in [0.2, 0.25) is 0 Å². The lowest BCUT2D eigenvalue weighted by atomic mass is 10.1. The molecule has 1 aromatic carbocycles. The molecule has 2 aliphatic rings. The van der Waals surface area contributed by atoms with E-state index in [1.54, 1.807) is 0 Å². The van der Waals surface area contributed by atoms with Crippen molar-refractivity contribution in [2.75, 3.05) is 26.3 Å². The van der Waals surface area contributed by atoms with E-state index < -0.39 is 11.2 Å². The number of hydrogen-bond donors (Lipinski definition) is 3. The number of hydrogen-bond acceptors (Lipinski definition) is 6. The summed E-state index contributed by atoms with van der Waals surface area (Å²) in [5, 5.41) is 14.6. The summed E-state index contributed by atoms with van der Waals surface area (Å²) >= 11 is 0. The fourth-order valence-electron chi connectivity index (χ4n) is 4.66. The zero-order chi connectivity index (χ0) is 29.2. The van der Waals surface area contributed by atoms with Gasteiger partial charge in [0.25, 0.3) is 0 Å². The van der Waals surface area contributed by atoms with E-state index in [9.17, 15) is 9.59 Å². The van der Waals surface area contributed by atoms with Crippen molar-refractivity contribution in [3.8, 4) is 0 Å². The third-order valence-electron chi connectivity index (χ3n) is 7.03. The lowest BCUT2D eigenvalue weighted by Crippen LogP contribution is -2.35. The van der Waals surface area contributed by atoms with Gasteiger partial charge in [-0.15, -0.1) is 0 Å². The second kappa shape index (κ2) is 14.9. The second-order valence-electron chi connectivity index (χ2n) is 13.2. The first-order valence-corrected chi connectivity index (χ1v) is 14.3. The molecule has 2 unspecified atom stereocenters. The molecular weight excluding hydrogens is 496 g/mol. The highest BCUT2D eigenvalue weighted by Crippen LogP contribution is 2.44. The molecule has 8 heteroatoms. The summed E-state index contributed by atoms with van der Waals surface area (Å²) in [6, 6.07) is 10.2. The van der Waals surface area contributed by atoms with E-state index in [0.717, 1.165) is 13.0 Å². The van der Waals surface area contributed by atoms with Crippen LogP contribution in [0.4, 0.5) is 9.59 Å². The predicted molar refractivity (Wildman–Crippen MR) is 153 cm³/mol. The van der Waals surface area contributed by atoms with Crippen LogP contribution in [-0.4, -0.2) is 54.8 Å². The minimum absolute atomic E-state index is 0.265. The molecule has 8 nitrogen and oxygen atoms in total. The lowest BCUT2D eigenvalue weighted by molar-refractivity contribution is 0.0506. The number of alkyl carbamates (subject to hydrolysis) is 2. The molecule has 1 aromatic rings. The van der Waals surface area contributed by atoms with Crippen LogP contribution in [0.2, 0.25) is 0 Å². The highest BCUT2D eigenvalue weighted by molar-refractivity contribution is 5.68. The lowest BCUT2D eigenvalue weighted by Gasteiger charge is -2.21. The highest BCUT2D eigenvalue weighted by atomic mass is 16.6. The van der Waals surface area contributed by atoms with Crippen molar-refractivity contribution in [1.29, 1.82) is 0 Å². The molecule has 2 amide bonds. The zero-order valence-electron chi connectivity index (χ0n) is 25.3. The molecule has 2 saturated carbocycles. The Morgan fingerprint density at radius 3 is 1.74 bits per heavy atom. The SMILES string of the molecule is CC(CNC(=O)OC(C)(C)C)[C@H]1C[C@@H]1CO.CC(CNC(=O)OC(C)(C)C)[C@H]1C[C@@H]1COCc1ccccc1. The molecule has 0 saturated heterocycles. The standard InChI is InChI=1S/C19H29NO3.C12H23NO3/c1-14(11-20-18(21)23-19(2,3)4)17-10-16(17)13-22-12-15-8-6-5-7-9-15;1-8(10-5-9(10)7-14)6-13-11(15)16-12(2,3)4/h5-9,14,16-17H,10-13H2,1-4H3,(H,20,21);8-10,14H,5-7H2,1-4H3,(H,13,15)/t14?,16-,17-;8?,9-,10-/m11/s1. The first-order chi connectivity index (χ1) is 18.2. The topological polar surface area (TPSA) is 106 Å². The average molecular weight is 549 g/mol. The molecule has 0 spiro atoms. The van der Waals surface area contributed by atoms with Crippen molar-refractivity contribution in [2.24, 2.45) is 35.5 Å². The molecule has 2 fully saturated rings. The smallest absolute Gasteiger partial charge is 0.407 e. The average Bonchev–Trinajstić information content (AvgIpc) is 3.75. The molecule has 3 rings (SSSR count). The van der Waals surface area contributed by atoms with E-state index in [2.05, 4.69) is 36.6 Å². The Kier molecular flexibility index (Phi) is 12.6. The molecule has 39 heavy (non-hydrogen) atoms. The Bertz CT molecular complexity index is 879. The van der Waals surface area contributed by atoms with Gasteiger partial charge >= 0.3 is 12.2 Å². The maximum Gasteiger partial charge on any atom is 0.407 e. The number of aliphatic hydroxyl groups excluding tert-OH is 1. The fourth-order valence-corrected chi connectivity index (χ4v) is 4.66. The van der Waals surface area contributed by atoms with Crippen molar-refractivity contribution in [2.45, 2.75) is 86.0 Å². The van der Waals surface area contributed by atoms with E-state index in [-0.39, 0.29) is 18.8 Å². The predicted octanol–water partition coefficient (Wildman–Crippen LogP) is 5.78. The van der Waals surface area contributed by atoms with Gasteiger partial charge in [0.05, 0.1) is 13.2 Å². The van der Waals surface area contributed by atoms with E-state index >= 15 is 0 Å². The van der Waals surface area contributed by atoms with Gasteiger partial charge in [-0.1, -0.05) is 44.2 Å². The quantitative estimate of drug-likeness (QED) is 0.324. The summed E-state index contributed by atoms with van der Waals surface area (Å²) in [5.41, 5.74) is 0.325. The molecule has 3 N–H and O–H groups in total. The monoisotopic (exact) mass is 548 g/mol. The van der Waals surface area contributed by atoms with E-state index in [1.807, 2.05) is 59.7 Å². The van der Waals surface area contributed by atoms with Crippen molar-refractivity contribution >= 4 is 12.2 Å². The van der Waals surface area contributed by atoms with Gasteiger partial charge in [0, 0.05) is 19.7 Å². The minimum Gasteiger partial charge on any atom is -0.444 e. The number of nitrogens with one attached hydrogen (secondary N) is 2. The zero-order valence-corrected chi connectivity index (χ0v) is 25.3. The van der Waals surface area contributed by atoms with Gasteiger partial charge in [0.15, 0.2) is 0 Å². The second-order valence-corrected chi connectivity index (χ2v) is 13.2. The Balaban J connectivity index is 0.000000293. The summed E-state index contributed by atoms with van der Waals surface area (Å²) in [6.07, 6.45) is 1.57. The van der Waals surface area contributed by atoms with Crippen LogP contribution in [0.5, 0.6) is 0 Å². The molecule has 6 atom stereocenters. The van der Waals surface area contributed by atoms with Gasteiger partial charge in [-0.25, -0.2) is 9.59 Å². The molecule has 0 bridgehead atoms. The van der Waals surface area contributed by atoms with Crippen molar-refractivity contribution < 1.29 is 28.9 Å². The summed E-state index contributed by atoms with van der Waals surface area (Å²) in [6.45, 7) is 18.5. The molecule has 0 radical (unpaired) electrons. The van der Waals surface area contributed by atoms with Crippen LogP contribution in [0.25, 0.3) is 0 Å². The normalized spacial score (nSPS) is 23.4. The van der Waals surface area contributed by atoms with Crippen molar-refractivity contribution in [3.05, 3.63) is 35.9 Å². The number of carbonyl (C=O) groups is 2. The van der Waals surface area contributed by atoms with Crippen LogP contribution in [0.1, 0.15) is 73.8 Å². The largest absolute Gasteiger partial charge is 0.444 e. The number of rotatable bonds is 11. The number of aliphatic hydroxyl groups is 1. The van der Waals surface area contributed by atoms with Crippen molar-refractivity contribution in [3.63, 3.8) is 0 Å². The van der Waals surface area contributed by atoms with Crippen LogP contribution in [0.15, 0.2) is 30.3 Å². The maximum absolute atomic E-state index is 11.7. The van der Waals surface area contributed by atoms with Crippen LogP contribution in [0.3, 0.4) is 0 Å².